The predicted octanol–water partition coefficient (Wildman–Crippen LogP) is 8.41. The molecule has 0 bridgehead atoms. The summed E-state index contributed by atoms with van der Waals surface area (Å²) in [6.07, 6.45) is 0. The molecule has 5 aromatic rings. The van der Waals surface area contributed by atoms with E-state index in [1.165, 1.54) is 16.7 Å². The van der Waals surface area contributed by atoms with Gasteiger partial charge in [-0.3, -0.25) is 0 Å². The number of nitrogens with one attached hydrogen (secondary N) is 1. The lowest BCUT2D eigenvalue weighted by Gasteiger charge is -2.40. The maximum Gasteiger partial charge on any atom is 0.179 e. The van der Waals surface area contributed by atoms with Gasteiger partial charge in [0.15, 0.2) is 17.5 Å². The molecule has 0 unspecified atom stereocenters. The van der Waals surface area contributed by atoms with Crippen LogP contribution in [0.3, 0.4) is 0 Å². The van der Waals surface area contributed by atoms with Crippen molar-refractivity contribution in [1.82, 2.24) is 9.78 Å². The van der Waals surface area contributed by atoms with Gasteiger partial charge < -0.3 is 10.2 Å². The number of anilines is 2. The van der Waals surface area contributed by atoms with E-state index in [1.54, 1.807) is 0 Å². The molecule has 0 aliphatic carbocycles. The minimum Gasteiger partial charge on any atom is -0.337 e. The standard InChI is InChI=1S/C35H32N6/c1-22(2)25-16-18-26(19-17-25)32-31-24(4)39-41(28-10-6-5-7-11-28)34(31)38-35-33(36-27-20-14-23(3)15-21-27)37-29-12-8-9-13-30(29)40(32)35/h5-22,32H,1-4H3,(H,36,37)/t32-/m0/s1. The van der Waals surface area contributed by atoms with Crippen LogP contribution in [0, 0.1) is 13.8 Å². The topological polar surface area (TPSA) is 57.8 Å². The molecule has 6 heteroatoms. The summed E-state index contributed by atoms with van der Waals surface area (Å²) in [6.45, 7) is 8.64. The highest BCUT2D eigenvalue weighted by Gasteiger charge is 2.41. The molecule has 0 saturated heterocycles. The van der Waals surface area contributed by atoms with Crippen LogP contribution in [-0.2, 0) is 0 Å². The molecule has 41 heavy (non-hydrogen) atoms. The van der Waals surface area contributed by atoms with E-state index >= 15 is 0 Å². The number of benzene rings is 4. The molecule has 0 amide bonds. The number of fused-ring (bicyclic) bond motifs is 4. The molecule has 6 nitrogen and oxygen atoms in total. The fourth-order valence-corrected chi connectivity index (χ4v) is 5.70. The van der Waals surface area contributed by atoms with E-state index in [1.807, 2.05) is 28.9 Å². The molecular formula is C35H32N6. The molecule has 0 radical (unpaired) electrons. The Morgan fingerprint density at radius 3 is 2.20 bits per heavy atom. The average Bonchev–Trinajstić information content (AvgIpc) is 3.33. The Hall–Kier alpha value is -4.97. The molecule has 0 fully saturated rings. The maximum absolute atomic E-state index is 5.33. The van der Waals surface area contributed by atoms with Gasteiger partial charge in [0, 0.05) is 11.3 Å². The van der Waals surface area contributed by atoms with Crippen LogP contribution in [0.25, 0.3) is 5.69 Å². The van der Waals surface area contributed by atoms with Crippen LogP contribution in [-0.4, -0.2) is 21.5 Å². The zero-order chi connectivity index (χ0) is 28.1. The molecule has 202 valence electrons. The minimum absolute atomic E-state index is 0.136. The van der Waals surface area contributed by atoms with Gasteiger partial charge in [0.1, 0.15) is 0 Å². The highest BCUT2D eigenvalue weighted by molar-refractivity contribution is 6.51. The molecule has 0 saturated carbocycles. The Morgan fingerprint density at radius 1 is 0.756 bits per heavy atom. The van der Waals surface area contributed by atoms with Crippen LogP contribution in [0.1, 0.15) is 53.8 Å². The first-order chi connectivity index (χ1) is 20.0. The summed E-state index contributed by atoms with van der Waals surface area (Å²) in [5, 5.41) is 8.63. The lowest BCUT2D eigenvalue weighted by Crippen LogP contribution is -2.46. The van der Waals surface area contributed by atoms with Crippen molar-refractivity contribution in [2.75, 3.05) is 10.2 Å². The Balaban J connectivity index is 1.48. The van der Waals surface area contributed by atoms with Crippen molar-refractivity contribution in [2.45, 2.75) is 39.7 Å². The summed E-state index contributed by atoms with van der Waals surface area (Å²) in [5.74, 6) is 2.77. The predicted molar refractivity (Wildman–Crippen MR) is 169 cm³/mol. The number of para-hydroxylation sites is 3. The van der Waals surface area contributed by atoms with Gasteiger partial charge in [-0.15, -0.1) is 0 Å². The molecular weight excluding hydrogens is 504 g/mol. The van der Waals surface area contributed by atoms with E-state index in [9.17, 15) is 0 Å². The van der Waals surface area contributed by atoms with Crippen molar-refractivity contribution in [3.8, 4) is 5.69 Å². The Morgan fingerprint density at radius 2 is 1.46 bits per heavy atom. The first-order valence-corrected chi connectivity index (χ1v) is 14.1. The van der Waals surface area contributed by atoms with Gasteiger partial charge >= 0.3 is 0 Å². The number of aromatic nitrogens is 2. The first kappa shape index (κ1) is 25.0. The Labute approximate surface area is 240 Å². The molecule has 1 atom stereocenters. The number of hydrogen-bond donors (Lipinski definition) is 1. The zero-order valence-corrected chi connectivity index (χ0v) is 23.7. The maximum atomic E-state index is 5.33. The Bertz CT molecular complexity index is 1790. The lowest BCUT2D eigenvalue weighted by atomic mass is 9.91. The molecule has 2 aliphatic rings. The first-order valence-electron chi connectivity index (χ1n) is 14.1. The van der Waals surface area contributed by atoms with Gasteiger partial charge in [0.05, 0.1) is 28.8 Å². The van der Waals surface area contributed by atoms with Crippen molar-refractivity contribution in [1.29, 1.82) is 0 Å². The summed E-state index contributed by atoms with van der Waals surface area (Å²) in [7, 11) is 0. The molecule has 4 aromatic carbocycles. The van der Waals surface area contributed by atoms with Crippen LogP contribution < -0.4 is 10.2 Å². The molecule has 1 N–H and O–H groups in total. The highest BCUT2D eigenvalue weighted by atomic mass is 15.4. The van der Waals surface area contributed by atoms with Crippen molar-refractivity contribution >= 4 is 34.6 Å². The summed E-state index contributed by atoms with van der Waals surface area (Å²) in [6, 6.07) is 35.8. The Kier molecular flexibility index (Phi) is 6.04. The zero-order valence-electron chi connectivity index (χ0n) is 23.7. The van der Waals surface area contributed by atoms with E-state index in [4.69, 9.17) is 15.1 Å². The monoisotopic (exact) mass is 536 g/mol. The second-order valence-corrected chi connectivity index (χ2v) is 11.0. The fourth-order valence-electron chi connectivity index (χ4n) is 5.70. The van der Waals surface area contributed by atoms with E-state index in [0.717, 1.165) is 45.7 Å². The summed E-state index contributed by atoms with van der Waals surface area (Å²) < 4.78 is 1.97. The number of amidine groups is 2. The second kappa shape index (κ2) is 9.89. The summed E-state index contributed by atoms with van der Waals surface area (Å²) in [4.78, 5) is 12.8. The molecule has 7 rings (SSSR count). The van der Waals surface area contributed by atoms with Crippen LogP contribution in [0.4, 0.5) is 22.9 Å². The largest absolute Gasteiger partial charge is 0.337 e. The number of rotatable bonds is 4. The van der Waals surface area contributed by atoms with Crippen LogP contribution in [0.2, 0.25) is 0 Å². The van der Waals surface area contributed by atoms with Crippen molar-refractivity contribution < 1.29 is 0 Å². The third-order valence-corrected chi connectivity index (χ3v) is 7.87. The molecule has 3 heterocycles. The average molecular weight is 537 g/mol. The normalized spacial score (nSPS) is 15.5. The molecule has 0 spiro atoms. The van der Waals surface area contributed by atoms with Gasteiger partial charge in [-0.05, 0) is 67.3 Å². The van der Waals surface area contributed by atoms with E-state index in [0.29, 0.717) is 11.8 Å². The van der Waals surface area contributed by atoms with Crippen molar-refractivity contribution in [3.63, 3.8) is 0 Å². The van der Waals surface area contributed by atoms with E-state index in [-0.39, 0.29) is 6.04 Å². The van der Waals surface area contributed by atoms with Crippen LogP contribution in [0.5, 0.6) is 0 Å². The van der Waals surface area contributed by atoms with Gasteiger partial charge in [0.25, 0.3) is 0 Å². The summed E-state index contributed by atoms with van der Waals surface area (Å²) in [5.41, 5.74) is 9.64. The van der Waals surface area contributed by atoms with Gasteiger partial charge in [-0.25, -0.2) is 14.7 Å². The minimum atomic E-state index is -0.136. The second-order valence-electron chi connectivity index (χ2n) is 11.0. The third-order valence-electron chi connectivity index (χ3n) is 7.87. The quantitative estimate of drug-likeness (QED) is 0.251. The van der Waals surface area contributed by atoms with Crippen molar-refractivity contribution in [3.05, 3.63) is 131 Å². The third kappa shape index (κ3) is 4.32. The SMILES string of the molecule is Cc1ccc(NC2=Nc3ccccc3N3C2=Nc2c(c(C)nn2-c2ccccc2)[C@@H]3c2ccc(C(C)C)cc2)cc1. The highest BCUT2D eigenvalue weighted by Crippen LogP contribution is 2.48. The number of aliphatic imine (C=N–C) groups is 2. The fraction of sp³-hybridized carbons (Fsp3) is 0.171. The number of nitrogens with zero attached hydrogens (tertiary/aromatic N) is 5. The van der Waals surface area contributed by atoms with Gasteiger partial charge in [0.2, 0.25) is 0 Å². The van der Waals surface area contributed by atoms with Gasteiger partial charge in [-0.1, -0.05) is 86.1 Å². The van der Waals surface area contributed by atoms with E-state index < -0.39 is 0 Å². The smallest absolute Gasteiger partial charge is 0.179 e. The lowest BCUT2D eigenvalue weighted by molar-refractivity contribution is 0.810. The number of aryl methyl sites for hydroxylation is 2. The van der Waals surface area contributed by atoms with Crippen LogP contribution in [0.15, 0.2) is 113 Å². The number of hydrogen-bond acceptors (Lipinski definition) is 5. The van der Waals surface area contributed by atoms with E-state index in [2.05, 4.69) is 117 Å². The summed E-state index contributed by atoms with van der Waals surface area (Å²) >= 11 is 0. The van der Waals surface area contributed by atoms with Gasteiger partial charge in [-0.2, -0.15) is 5.10 Å². The van der Waals surface area contributed by atoms with Crippen LogP contribution >= 0.6 is 0 Å². The molecule has 2 aliphatic heterocycles. The van der Waals surface area contributed by atoms with Crippen molar-refractivity contribution in [2.24, 2.45) is 9.98 Å². The molecule has 1 aromatic heterocycles.